The summed E-state index contributed by atoms with van der Waals surface area (Å²) in [5, 5.41) is 12.9. The van der Waals surface area contributed by atoms with Crippen LogP contribution < -0.4 is 5.73 Å². The van der Waals surface area contributed by atoms with Gasteiger partial charge in [-0.1, -0.05) is 12.1 Å². The summed E-state index contributed by atoms with van der Waals surface area (Å²) in [5.41, 5.74) is 11.1. The van der Waals surface area contributed by atoms with Crippen LogP contribution in [0, 0.1) is 13.8 Å². The van der Waals surface area contributed by atoms with E-state index in [4.69, 9.17) is 5.73 Å². The number of hydrogen-bond donors (Lipinski definition) is 2. The maximum Gasteiger partial charge on any atom is 0.0877 e. The number of benzene rings is 2. The van der Waals surface area contributed by atoms with Crippen molar-refractivity contribution < 1.29 is 5.11 Å². The summed E-state index contributed by atoms with van der Waals surface area (Å²) < 4.78 is 0. The molecule has 3 N–H and O–H groups in total. The van der Waals surface area contributed by atoms with Gasteiger partial charge < -0.3 is 10.8 Å². The van der Waals surface area contributed by atoms with Crippen molar-refractivity contribution in [2.75, 3.05) is 5.73 Å². The third-order valence-electron chi connectivity index (χ3n) is 4.29. The van der Waals surface area contributed by atoms with E-state index in [0.29, 0.717) is 0 Å². The fourth-order valence-electron chi connectivity index (χ4n) is 3.26. The minimum absolute atomic E-state index is 0.737. The van der Waals surface area contributed by atoms with Crippen LogP contribution >= 0.6 is 0 Å². The van der Waals surface area contributed by atoms with E-state index >= 15 is 0 Å². The van der Waals surface area contributed by atoms with E-state index in [9.17, 15) is 5.11 Å². The van der Waals surface area contributed by atoms with Gasteiger partial charge in [-0.3, -0.25) is 0 Å². The topological polar surface area (TPSA) is 46.2 Å². The highest BCUT2D eigenvalue weighted by molar-refractivity contribution is 6.01. The van der Waals surface area contributed by atoms with E-state index in [-0.39, 0.29) is 0 Å². The number of aliphatic hydroxyl groups is 1. The van der Waals surface area contributed by atoms with Crippen LogP contribution in [0.5, 0.6) is 0 Å². The Morgan fingerprint density at radius 1 is 1.17 bits per heavy atom. The third kappa shape index (κ3) is 1.39. The van der Waals surface area contributed by atoms with Crippen molar-refractivity contribution in [2.45, 2.75) is 39.2 Å². The van der Waals surface area contributed by atoms with E-state index in [1.54, 1.807) is 0 Å². The van der Waals surface area contributed by atoms with E-state index in [1.165, 1.54) is 22.1 Å². The molecule has 0 amide bonds. The molecule has 0 aliphatic heterocycles. The monoisotopic (exact) mass is 241 g/mol. The van der Waals surface area contributed by atoms with Gasteiger partial charge in [-0.25, -0.2) is 0 Å². The van der Waals surface area contributed by atoms with Gasteiger partial charge in [0.2, 0.25) is 0 Å². The van der Waals surface area contributed by atoms with Crippen molar-refractivity contribution in [3.63, 3.8) is 0 Å². The van der Waals surface area contributed by atoms with Gasteiger partial charge >= 0.3 is 0 Å². The lowest BCUT2D eigenvalue weighted by Gasteiger charge is -2.32. The van der Waals surface area contributed by atoms with Gasteiger partial charge in [0.1, 0.15) is 0 Å². The molecule has 3 rings (SSSR count). The van der Waals surface area contributed by atoms with Crippen molar-refractivity contribution in [3.05, 3.63) is 40.5 Å². The molecular weight excluding hydrogens is 222 g/mol. The smallest absolute Gasteiger partial charge is 0.0877 e. The first-order valence-electron chi connectivity index (χ1n) is 6.46. The molecule has 2 nitrogen and oxygen atoms in total. The Balaban J connectivity index is 2.56. The van der Waals surface area contributed by atoms with E-state index in [0.717, 1.165) is 29.5 Å². The molecule has 0 saturated heterocycles. The lowest BCUT2D eigenvalue weighted by Crippen LogP contribution is -2.26. The first-order valence-corrected chi connectivity index (χ1v) is 6.46. The zero-order valence-electron chi connectivity index (χ0n) is 11.2. The van der Waals surface area contributed by atoms with Crippen LogP contribution in [0.15, 0.2) is 18.2 Å². The summed E-state index contributed by atoms with van der Waals surface area (Å²) in [6, 6.07) is 6.18. The highest BCUT2D eigenvalue weighted by Gasteiger charge is 2.31. The molecule has 1 aliphatic rings. The predicted octanol–water partition coefficient (Wildman–Crippen LogP) is 3.19. The highest BCUT2D eigenvalue weighted by Crippen LogP contribution is 2.43. The quantitative estimate of drug-likeness (QED) is 0.696. The Labute approximate surface area is 107 Å². The standard InChI is InChI=1S/C16H19NO/c1-9-4-5-12-15-11(6-7-16(12,3)18)10(2)8-13(17)14(9)15/h4-5,8,18H,6-7,17H2,1-3H3. The lowest BCUT2D eigenvalue weighted by atomic mass is 9.76. The van der Waals surface area contributed by atoms with Gasteiger partial charge in [0.15, 0.2) is 0 Å². The largest absolute Gasteiger partial charge is 0.398 e. The average molecular weight is 241 g/mol. The van der Waals surface area contributed by atoms with Crippen LogP contribution in [0.4, 0.5) is 5.69 Å². The van der Waals surface area contributed by atoms with Crippen molar-refractivity contribution in [1.29, 1.82) is 0 Å². The highest BCUT2D eigenvalue weighted by atomic mass is 16.3. The summed E-state index contributed by atoms with van der Waals surface area (Å²) in [5.74, 6) is 0. The molecule has 0 bridgehead atoms. The molecule has 0 spiro atoms. The van der Waals surface area contributed by atoms with Gasteiger partial charge in [0.05, 0.1) is 5.60 Å². The fourth-order valence-corrected chi connectivity index (χ4v) is 3.26. The molecule has 2 aromatic rings. The van der Waals surface area contributed by atoms with Crippen LogP contribution in [0.25, 0.3) is 10.8 Å². The molecule has 1 aliphatic carbocycles. The predicted molar refractivity (Wildman–Crippen MR) is 75.7 cm³/mol. The molecule has 1 atom stereocenters. The molecule has 2 aromatic carbocycles. The van der Waals surface area contributed by atoms with Crippen LogP contribution in [-0.2, 0) is 12.0 Å². The lowest BCUT2D eigenvalue weighted by molar-refractivity contribution is 0.0471. The molecule has 0 heterocycles. The Hall–Kier alpha value is -1.54. The zero-order chi connectivity index (χ0) is 13.1. The normalized spacial score (nSPS) is 22.4. The summed E-state index contributed by atoms with van der Waals surface area (Å²) in [6.45, 7) is 6.09. The molecule has 94 valence electrons. The Morgan fingerprint density at radius 2 is 1.89 bits per heavy atom. The van der Waals surface area contributed by atoms with Crippen LogP contribution in [-0.4, -0.2) is 5.11 Å². The third-order valence-corrected chi connectivity index (χ3v) is 4.29. The minimum Gasteiger partial charge on any atom is -0.398 e. The van der Waals surface area contributed by atoms with Gasteiger partial charge in [-0.05, 0) is 67.3 Å². The first-order chi connectivity index (χ1) is 8.42. The first kappa shape index (κ1) is 11.5. The average Bonchev–Trinajstić information content (AvgIpc) is 2.26. The summed E-state index contributed by atoms with van der Waals surface area (Å²) in [6.07, 6.45) is 1.70. The second-order valence-corrected chi connectivity index (χ2v) is 5.72. The Bertz CT molecular complexity index is 656. The van der Waals surface area contributed by atoms with Gasteiger partial charge in [-0.2, -0.15) is 0 Å². The van der Waals surface area contributed by atoms with E-state index in [1.807, 2.05) is 6.92 Å². The second kappa shape index (κ2) is 3.48. The number of hydrogen-bond acceptors (Lipinski definition) is 2. The van der Waals surface area contributed by atoms with Crippen LogP contribution in [0.2, 0.25) is 0 Å². The maximum absolute atomic E-state index is 10.6. The number of nitrogen functional groups attached to an aromatic ring is 1. The van der Waals surface area contributed by atoms with Crippen molar-refractivity contribution in [3.8, 4) is 0 Å². The zero-order valence-corrected chi connectivity index (χ0v) is 11.2. The minimum atomic E-state index is -0.737. The van der Waals surface area contributed by atoms with Gasteiger partial charge in [-0.15, -0.1) is 0 Å². The summed E-state index contributed by atoms with van der Waals surface area (Å²) in [4.78, 5) is 0. The number of aryl methyl sites for hydroxylation is 3. The maximum atomic E-state index is 10.6. The van der Waals surface area contributed by atoms with Gasteiger partial charge in [0.25, 0.3) is 0 Å². The molecule has 1 unspecified atom stereocenters. The molecule has 0 radical (unpaired) electrons. The van der Waals surface area contributed by atoms with Crippen molar-refractivity contribution in [2.24, 2.45) is 0 Å². The fraction of sp³-hybridized carbons (Fsp3) is 0.375. The number of nitrogens with two attached hydrogens (primary N) is 1. The number of anilines is 1. The van der Waals surface area contributed by atoms with E-state index in [2.05, 4.69) is 32.0 Å². The molecule has 0 fully saturated rings. The second-order valence-electron chi connectivity index (χ2n) is 5.72. The number of rotatable bonds is 0. The Kier molecular flexibility index (Phi) is 2.23. The van der Waals surface area contributed by atoms with Crippen LogP contribution in [0.3, 0.4) is 0 Å². The van der Waals surface area contributed by atoms with Gasteiger partial charge in [0, 0.05) is 11.1 Å². The molecule has 2 heteroatoms. The summed E-state index contributed by atoms with van der Waals surface area (Å²) in [7, 11) is 0. The van der Waals surface area contributed by atoms with E-state index < -0.39 is 5.60 Å². The molecule has 18 heavy (non-hydrogen) atoms. The van der Waals surface area contributed by atoms with Crippen molar-refractivity contribution in [1.82, 2.24) is 0 Å². The summed E-state index contributed by atoms with van der Waals surface area (Å²) >= 11 is 0. The van der Waals surface area contributed by atoms with Crippen molar-refractivity contribution >= 4 is 16.5 Å². The SMILES string of the molecule is Cc1cc(N)c2c(C)ccc3c2c1CCC3(C)O. The molecule has 0 aromatic heterocycles. The van der Waals surface area contributed by atoms with Crippen LogP contribution in [0.1, 0.15) is 35.6 Å². The molecular formula is C16H19NO. The Morgan fingerprint density at radius 3 is 2.61 bits per heavy atom. The molecule has 0 saturated carbocycles.